The summed E-state index contributed by atoms with van der Waals surface area (Å²) in [6.45, 7) is 3.93. The molecule has 3 aromatic rings. The van der Waals surface area contributed by atoms with Gasteiger partial charge in [-0.2, -0.15) is 10.4 Å². The van der Waals surface area contributed by atoms with Gasteiger partial charge in [-0.25, -0.2) is 4.98 Å². The van der Waals surface area contributed by atoms with Crippen molar-refractivity contribution < 1.29 is 0 Å². The molecule has 1 N–H and O–H groups in total. The first-order valence-corrected chi connectivity index (χ1v) is 6.38. The number of hydrogen-bond donors (Lipinski definition) is 1. The van der Waals surface area contributed by atoms with Crippen molar-refractivity contribution in [2.45, 2.75) is 13.8 Å². The largest absolute Gasteiger partial charge is 0.282 e. The molecule has 18 heavy (non-hydrogen) atoms. The van der Waals surface area contributed by atoms with E-state index in [9.17, 15) is 0 Å². The van der Waals surface area contributed by atoms with Crippen LogP contribution in [0, 0.1) is 25.2 Å². The van der Waals surface area contributed by atoms with E-state index >= 15 is 0 Å². The quantitative estimate of drug-likeness (QED) is 0.725. The molecule has 88 valence electrons. The number of aryl methyl sites for hydroxylation is 2. The van der Waals surface area contributed by atoms with Crippen LogP contribution in [0.1, 0.15) is 17.0 Å². The highest BCUT2D eigenvalue weighted by atomic mass is 32.1. The van der Waals surface area contributed by atoms with Gasteiger partial charge in [0, 0.05) is 16.8 Å². The monoisotopic (exact) mass is 254 g/mol. The average Bonchev–Trinajstić information content (AvgIpc) is 2.95. The Kier molecular flexibility index (Phi) is 2.39. The molecule has 0 fully saturated rings. The predicted octanol–water partition coefficient (Wildman–Crippen LogP) is 3.17. The minimum atomic E-state index is 0.654. The third-order valence-corrected chi connectivity index (χ3v) is 3.74. The Morgan fingerprint density at radius 3 is 2.83 bits per heavy atom. The second kappa shape index (κ2) is 3.93. The Balaban J connectivity index is 2.41. The zero-order valence-corrected chi connectivity index (χ0v) is 10.8. The summed E-state index contributed by atoms with van der Waals surface area (Å²) in [5.41, 5.74) is 7.35. The number of nitriles is 1. The van der Waals surface area contributed by atoms with E-state index in [1.54, 1.807) is 16.8 Å². The van der Waals surface area contributed by atoms with Crippen molar-refractivity contribution in [1.82, 2.24) is 15.2 Å². The van der Waals surface area contributed by atoms with Crippen LogP contribution < -0.4 is 0 Å². The second-order valence-corrected chi connectivity index (χ2v) is 5.03. The van der Waals surface area contributed by atoms with Crippen LogP contribution in [0.15, 0.2) is 17.6 Å². The third-order valence-electron chi connectivity index (χ3n) is 2.96. The molecule has 0 spiro atoms. The summed E-state index contributed by atoms with van der Waals surface area (Å²) in [5.74, 6) is 0. The van der Waals surface area contributed by atoms with Gasteiger partial charge in [-0.3, -0.25) is 5.10 Å². The van der Waals surface area contributed by atoms with Crippen LogP contribution in [0.4, 0.5) is 0 Å². The number of benzene rings is 1. The molecular weight excluding hydrogens is 244 g/mol. The normalized spacial score (nSPS) is 10.7. The first kappa shape index (κ1) is 10.9. The Labute approximate surface area is 108 Å². The van der Waals surface area contributed by atoms with E-state index in [4.69, 9.17) is 5.26 Å². The summed E-state index contributed by atoms with van der Waals surface area (Å²) in [7, 11) is 0. The SMILES string of the molecule is Cc1n[nH]c(C)c1-c1cc(C#N)cc2scnc12. The lowest BCUT2D eigenvalue weighted by Crippen LogP contribution is -1.86. The van der Waals surface area contributed by atoms with Gasteiger partial charge in [0.1, 0.15) is 0 Å². The van der Waals surface area contributed by atoms with Crippen molar-refractivity contribution in [3.63, 3.8) is 0 Å². The van der Waals surface area contributed by atoms with E-state index in [0.717, 1.165) is 32.7 Å². The average molecular weight is 254 g/mol. The lowest BCUT2D eigenvalue weighted by Gasteiger charge is -2.03. The van der Waals surface area contributed by atoms with Crippen molar-refractivity contribution in [3.05, 3.63) is 34.6 Å². The first-order valence-electron chi connectivity index (χ1n) is 5.50. The van der Waals surface area contributed by atoms with Gasteiger partial charge in [-0.05, 0) is 26.0 Å². The van der Waals surface area contributed by atoms with Crippen molar-refractivity contribution >= 4 is 21.6 Å². The fourth-order valence-electron chi connectivity index (χ4n) is 2.17. The molecule has 0 bridgehead atoms. The van der Waals surface area contributed by atoms with Crippen LogP contribution in [0.2, 0.25) is 0 Å². The first-order chi connectivity index (χ1) is 8.70. The van der Waals surface area contributed by atoms with Gasteiger partial charge in [-0.15, -0.1) is 11.3 Å². The lowest BCUT2D eigenvalue weighted by molar-refractivity contribution is 1.02. The standard InChI is InChI=1S/C13H10N4S/c1-7-12(8(2)17-16-7)10-3-9(5-14)4-11-13(10)15-6-18-11/h3-4,6H,1-2H3,(H,16,17). The molecule has 0 saturated heterocycles. The highest BCUT2D eigenvalue weighted by Crippen LogP contribution is 2.34. The molecule has 4 nitrogen and oxygen atoms in total. The van der Waals surface area contributed by atoms with Crippen molar-refractivity contribution in [2.75, 3.05) is 0 Å². The maximum absolute atomic E-state index is 9.11. The van der Waals surface area contributed by atoms with Crippen LogP contribution in [-0.4, -0.2) is 15.2 Å². The summed E-state index contributed by atoms with van der Waals surface area (Å²) in [5, 5.41) is 16.3. The zero-order valence-electron chi connectivity index (χ0n) is 9.98. The lowest BCUT2D eigenvalue weighted by atomic mass is 10.0. The van der Waals surface area contributed by atoms with E-state index in [0.29, 0.717) is 5.56 Å². The number of H-pyrrole nitrogens is 1. The number of nitrogens with zero attached hydrogens (tertiary/aromatic N) is 3. The summed E-state index contributed by atoms with van der Waals surface area (Å²) in [6.07, 6.45) is 0. The Morgan fingerprint density at radius 2 is 2.17 bits per heavy atom. The molecule has 3 rings (SSSR count). The summed E-state index contributed by atoms with van der Waals surface area (Å²) >= 11 is 1.55. The molecule has 1 aromatic carbocycles. The minimum Gasteiger partial charge on any atom is -0.282 e. The summed E-state index contributed by atoms with van der Waals surface area (Å²) < 4.78 is 1.03. The predicted molar refractivity (Wildman–Crippen MR) is 71.4 cm³/mol. The van der Waals surface area contributed by atoms with E-state index in [2.05, 4.69) is 21.3 Å². The molecule has 0 aliphatic rings. The number of aromatic amines is 1. The van der Waals surface area contributed by atoms with E-state index in [1.165, 1.54) is 0 Å². The molecule has 0 amide bonds. The van der Waals surface area contributed by atoms with Crippen molar-refractivity contribution in [3.8, 4) is 17.2 Å². The maximum Gasteiger partial charge on any atom is 0.0992 e. The van der Waals surface area contributed by atoms with E-state index < -0.39 is 0 Å². The fraction of sp³-hybridized carbons (Fsp3) is 0.154. The summed E-state index contributed by atoms with van der Waals surface area (Å²) in [6, 6.07) is 5.96. The van der Waals surface area contributed by atoms with Gasteiger partial charge in [0.25, 0.3) is 0 Å². The topological polar surface area (TPSA) is 65.4 Å². The van der Waals surface area contributed by atoms with Crippen molar-refractivity contribution in [1.29, 1.82) is 5.26 Å². The second-order valence-electron chi connectivity index (χ2n) is 4.14. The summed E-state index contributed by atoms with van der Waals surface area (Å²) in [4.78, 5) is 4.40. The smallest absolute Gasteiger partial charge is 0.0992 e. The molecular formula is C13H10N4S. The Bertz CT molecular complexity index is 756. The molecule has 0 aliphatic carbocycles. The maximum atomic E-state index is 9.11. The van der Waals surface area contributed by atoms with E-state index in [1.807, 2.05) is 26.0 Å². The minimum absolute atomic E-state index is 0.654. The highest BCUT2D eigenvalue weighted by molar-refractivity contribution is 7.16. The van der Waals surface area contributed by atoms with E-state index in [-0.39, 0.29) is 0 Å². The molecule has 0 unspecified atom stereocenters. The number of fused-ring (bicyclic) bond motifs is 1. The molecule has 0 saturated carbocycles. The number of nitrogens with one attached hydrogen (secondary N) is 1. The zero-order chi connectivity index (χ0) is 12.7. The van der Waals surface area contributed by atoms with Gasteiger partial charge in [0.05, 0.1) is 33.1 Å². The van der Waals surface area contributed by atoms with Gasteiger partial charge in [0.15, 0.2) is 0 Å². The Morgan fingerprint density at radius 1 is 1.33 bits per heavy atom. The van der Waals surface area contributed by atoms with Gasteiger partial charge in [-0.1, -0.05) is 0 Å². The van der Waals surface area contributed by atoms with Gasteiger partial charge in [0.2, 0.25) is 0 Å². The van der Waals surface area contributed by atoms with Crippen LogP contribution in [0.5, 0.6) is 0 Å². The van der Waals surface area contributed by atoms with Gasteiger partial charge < -0.3 is 0 Å². The number of hydrogen-bond acceptors (Lipinski definition) is 4. The van der Waals surface area contributed by atoms with Crippen LogP contribution >= 0.6 is 11.3 Å². The van der Waals surface area contributed by atoms with Gasteiger partial charge >= 0.3 is 0 Å². The van der Waals surface area contributed by atoms with Crippen LogP contribution in [-0.2, 0) is 0 Å². The third kappa shape index (κ3) is 1.50. The molecule has 5 heteroatoms. The Hall–Kier alpha value is -2.19. The van der Waals surface area contributed by atoms with Crippen LogP contribution in [0.3, 0.4) is 0 Å². The van der Waals surface area contributed by atoms with Crippen molar-refractivity contribution in [2.24, 2.45) is 0 Å². The number of aromatic nitrogens is 3. The molecule has 2 heterocycles. The number of rotatable bonds is 1. The fourth-order valence-corrected chi connectivity index (χ4v) is 2.91. The highest BCUT2D eigenvalue weighted by Gasteiger charge is 2.15. The van der Waals surface area contributed by atoms with Crippen LogP contribution in [0.25, 0.3) is 21.3 Å². The molecule has 0 atom stereocenters. The molecule has 0 radical (unpaired) electrons. The molecule has 0 aliphatic heterocycles. The molecule has 2 aromatic heterocycles. The number of thiazole rings is 1.